The molecule has 0 aliphatic carbocycles. The first-order chi connectivity index (χ1) is 5.11. The molecule has 0 bridgehead atoms. The molecule has 6 heteroatoms. The standard InChI is InChI=1S/C5H2F2N2O2/c6-2-1-8-4(7)3(9-2)5(10)11/h1H,(H,10,11). The third kappa shape index (κ3) is 1.46. The SMILES string of the molecule is O=C(O)c1nc(F)cnc1F. The topological polar surface area (TPSA) is 63.1 Å². The van der Waals surface area contributed by atoms with Gasteiger partial charge in [-0.15, -0.1) is 0 Å². The van der Waals surface area contributed by atoms with Gasteiger partial charge < -0.3 is 5.11 Å². The Hall–Kier alpha value is -1.59. The van der Waals surface area contributed by atoms with Gasteiger partial charge in [-0.2, -0.15) is 8.78 Å². The van der Waals surface area contributed by atoms with Crippen LogP contribution in [-0.2, 0) is 0 Å². The average Bonchev–Trinajstić information content (AvgIpc) is 1.94. The molecular weight excluding hydrogens is 158 g/mol. The number of aromatic nitrogens is 2. The van der Waals surface area contributed by atoms with Crippen molar-refractivity contribution in [2.24, 2.45) is 0 Å². The molecule has 0 saturated carbocycles. The summed E-state index contributed by atoms with van der Waals surface area (Å²) in [5.74, 6) is -4.06. The molecule has 0 aliphatic rings. The predicted molar refractivity (Wildman–Crippen MR) is 28.9 cm³/mol. The molecule has 0 radical (unpaired) electrons. The molecule has 0 unspecified atom stereocenters. The van der Waals surface area contributed by atoms with Gasteiger partial charge in [0.1, 0.15) is 0 Å². The molecule has 1 heterocycles. The summed E-state index contributed by atoms with van der Waals surface area (Å²) in [6, 6.07) is 0. The Bertz CT molecular complexity index is 303. The molecule has 4 nitrogen and oxygen atoms in total. The molecule has 0 fully saturated rings. The summed E-state index contributed by atoms with van der Waals surface area (Å²) in [4.78, 5) is 15.6. The lowest BCUT2D eigenvalue weighted by Crippen LogP contribution is -2.07. The van der Waals surface area contributed by atoms with Gasteiger partial charge in [0.2, 0.25) is 17.6 Å². The second-order valence-corrected chi connectivity index (χ2v) is 1.64. The highest BCUT2D eigenvalue weighted by Crippen LogP contribution is 2.00. The summed E-state index contributed by atoms with van der Waals surface area (Å²) >= 11 is 0. The number of carboxylic acids is 1. The summed E-state index contributed by atoms with van der Waals surface area (Å²) in [6.45, 7) is 0. The van der Waals surface area contributed by atoms with E-state index in [1.807, 2.05) is 0 Å². The fourth-order valence-electron chi connectivity index (χ4n) is 0.489. The lowest BCUT2D eigenvalue weighted by molar-refractivity contribution is 0.0682. The summed E-state index contributed by atoms with van der Waals surface area (Å²) < 4.78 is 24.4. The van der Waals surface area contributed by atoms with E-state index in [1.54, 1.807) is 0 Å². The lowest BCUT2D eigenvalue weighted by Gasteiger charge is -1.93. The Balaban J connectivity index is 3.23. The average molecular weight is 160 g/mol. The van der Waals surface area contributed by atoms with E-state index in [0.29, 0.717) is 6.20 Å². The number of carboxylic acid groups (broad SMARTS) is 1. The predicted octanol–water partition coefficient (Wildman–Crippen LogP) is 0.453. The van der Waals surface area contributed by atoms with Gasteiger partial charge in [-0.3, -0.25) is 0 Å². The Morgan fingerprint density at radius 3 is 2.64 bits per heavy atom. The lowest BCUT2D eigenvalue weighted by atomic mass is 10.4. The molecule has 1 rings (SSSR count). The van der Waals surface area contributed by atoms with E-state index >= 15 is 0 Å². The van der Waals surface area contributed by atoms with E-state index in [2.05, 4.69) is 9.97 Å². The maximum Gasteiger partial charge on any atom is 0.359 e. The highest BCUT2D eigenvalue weighted by Gasteiger charge is 2.13. The second-order valence-electron chi connectivity index (χ2n) is 1.64. The maximum atomic E-state index is 12.3. The van der Waals surface area contributed by atoms with Gasteiger partial charge in [0.15, 0.2) is 0 Å². The van der Waals surface area contributed by atoms with Crippen LogP contribution in [0.25, 0.3) is 0 Å². The summed E-state index contributed by atoms with van der Waals surface area (Å²) in [6.07, 6.45) is 0.502. The van der Waals surface area contributed by atoms with Crippen molar-refractivity contribution in [3.8, 4) is 0 Å². The number of hydrogen-bond acceptors (Lipinski definition) is 3. The van der Waals surface area contributed by atoms with Crippen molar-refractivity contribution in [1.82, 2.24) is 9.97 Å². The van der Waals surface area contributed by atoms with Crippen LogP contribution >= 0.6 is 0 Å². The quantitative estimate of drug-likeness (QED) is 0.647. The number of halogens is 2. The third-order valence-electron chi connectivity index (χ3n) is 0.901. The zero-order valence-electron chi connectivity index (χ0n) is 5.08. The number of nitrogens with zero attached hydrogens (tertiary/aromatic N) is 2. The molecule has 0 saturated heterocycles. The minimum atomic E-state index is -1.64. The van der Waals surface area contributed by atoms with E-state index in [-0.39, 0.29) is 0 Å². The molecule has 1 aromatic rings. The van der Waals surface area contributed by atoms with Crippen molar-refractivity contribution in [2.45, 2.75) is 0 Å². The van der Waals surface area contributed by atoms with E-state index in [0.717, 1.165) is 0 Å². The Morgan fingerprint density at radius 1 is 1.55 bits per heavy atom. The van der Waals surface area contributed by atoms with Crippen LogP contribution in [0.1, 0.15) is 10.5 Å². The van der Waals surface area contributed by atoms with Crippen LogP contribution < -0.4 is 0 Å². The van der Waals surface area contributed by atoms with E-state index in [1.165, 1.54) is 0 Å². The fourth-order valence-corrected chi connectivity index (χ4v) is 0.489. The Morgan fingerprint density at radius 2 is 2.18 bits per heavy atom. The molecular formula is C5H2F2N2O2. The third-order valence-corrected chi connectivity index (χ3v) is 0.901. The minimum Gasteiger partial charge on any atom is -0.476 e. The van der Waals surface area contributed by atoms with Crippen LogP contribution in [0.4, 0.5) is 8.78 Å². The molecule has 11 heavy (non-hydrogen) atoms. The fraction of sp³-hybridized carbons (Fsp3) is 0. The first-order valence-corrected chi connectivity index (χ1v) is 2.52. The molecule has 1 aromatic heterocycles. The first-order valence-electron chi connectivity index (χ1n) is 2.52. The van der Waals surface area contributed by atoms with Crippen LogP contribution in [0, 0.1) is 11.9 Å². The molecule has 0 aliphatic heterocycles. The number of rotatable bonds is 1. The molecule has 0 atom stereocenters. The van der Waals surface area contributed by atoms with Crippen LogP contribution in [-0.4, -0.2) is 21.0 Å². The largest absolute Gasteiger partial charge is 0.476 e. The van der Waals surface area contributed by atoms with Gasteiger partial charge in [-0.05, 0) is 0 Å². The Labute approximate surface area is 59.5 Å². The zero-order valence-corrected chi connectivity index (χ0v) is 5.08. The van der Waals surface area contributed by atoms with Gasteiger partial charge in [-0.25, -0.2) is 14.8 Å². The highest BCUT2D eigenvalue weighted by atomic mass is 19.1. The monoisotopic (exact) mass is 160 g/mol. The van der Waals surface area contributed by atoms with Crippen molar-refractivity contribution in [3.05, 3.63) is 23.8 Å². The van der Waals surface area contributed by atoms with Gasteiger partial charge in [0, 0.05) is 0 Å². The van der Waals surface area contributed by atoms with Crippen molar-refractivity contribution in [2.75, 3.05) is 0 Å². The molecule has 0 amide bonds. The maximum absolute atomic E-state index is 12.3. The molecule has 1 N–H and O–H groups in total. The number of carbonyl (C=O) groups is 1. The smallest absolute Gasteiger partial charge is 0.359 e. The van der Waals surface area contributed by atoms with Crippen LogP contribution in [0.2, 0.25) is 0 Å². The van der Waals surface area contributed by atoms with Crippen LogP contribution in [0.5, 0.6) is 0 Å². The van der Waals surface area contributed by atoms with E-state index < -0.39 is 23.6 Å². The normalized spacial score (nSPS) is 9.64. The summed E-state index contributed by atoms with van der Waals surface area (Å²) in [7, 11) is 0. The molecule has 0 aromatic carbocycles. The van der Waals surface area contributed by atoms with E-state index in [4.69, 9.17) is 5.11 Å². The van der Waals surface area contributed by atoms with Crippen LogP contribution in [0.3, 0.4) is 0 Å². The molecule has 58 valence electrons. The van der Waals surface area contributed by atoms with Gasteiger partial charge >= 0.3 is 5.97 Å². The van der Waals surface area contributed by atoms with Crippen molar-refractivity contribution < 1.29 is 18.7 Å². The van der Waals surface area contributed by atoms with Crippen molar-refractivity contribution in [3.63, 3.8) is 0 Å². The van der Waals surface area contributed by atoms with Gasteiger partial charge in [-0.1, -0.05) is 0 Å². The summed E-state index contributed by atoms with van der Waals surface area (Å²) in [5.41, 5.74) is -1.01. The van der Waals surface area contributed by atoms with Crippen LogP contribution in [0.15, 0.2) is 6.20 Å². The first kappa shape index (κ1) is 7.52. The summed E-state index contributed by atoms with van der Waals surface area (Å²) in [5, 5.41) is 8.18. The molecule has 0 spiro atoms. The van der Waals surface area contributed by atoms with Crippen molar-refractivity contribution >= 4 is 5.97 Å². The van der Waals surface area contributed by atoms with Gasteiger partial charge in [0.05, 0.1) is 6.20 Å². The number of hydrogen-bond donors (Lipinski definition) is 1. The number of aromatic carboxylic acids is 1. The Kier molecular flexibility index (Phi) is 1.75. The highest BCUT2D eigenvalue weighted by molar-refractivity contribution is 5.85. The second kappa shape index (κ2) is 2.57. The zero-order chi connectivity index (χ0) is 8.43. The van der Waals surface area contributed by atoms with Crippen molar-refractivity contribution in [1.29, 1.82) is 0 Å². The van der Waals surface area contributed by atoms with E-state index in [9.17, 15) is 13.6 Å². The minimum absolute atomic E-state index is 0.502. The van der Waals surface area contributed by atoms with Gasteiger partial charge in [0.25, 0.3) is 0 Å².